The average molecular weight is 571 g/mol. The van der Waals surface area contributed by atoms with Gasteiger partial charge in [-0.05, 0) is 77.8 Å². The number of aromatic nitrogens is 3. The summed E-state index contributed by atoms with van der Waals surface area (Å²) in [4.78, 5) is 20.9. The van der Waals surface area contributed by atoms with Crippen molar-refractivity contribution in [1.82, 2.24) is 14.8 Å². The molecule has 0 bridgehead atoms. The molecule has 6 heteroatoms. The predicted molar refractivity (Wildman–Crippen MR) is 170 cm³/mol. The maximum atomic E-state index is 14.5. The highest BCUT2D eigenvalue weighted by Crippen LogP contribution is 2.39. The molecule has 0 spiro atoms. The molecule has 6 nitrogen and oxygen atoms in total. The Bertz CT molecular complexity index is 1650. The number of fused-ring (bicyclic) bond motifs is 1. The summed E-state index contributed by atoms with van der Waals surface area (Å²) in [6, 6.07) is 30.7. The predicted octanol–water partition coefficient (Wildman–Crippen LogP) is 7.68. The molecule has 0 saturated carbocycles. The van der Waals surface area contributed by atoms with Crippen LogP contribution in [-0.2, 0) is 30.9 Å². The fraction of sp³-hybridized carbons (Fsp3) is 0.270. The summed E-state index contributed by atoms with van der Waals surface area (Å²) >= 11 is 0. The van der Waals surface area contributed by atoms with Crippen LogP contribution in [0.3, 0.4) is 0 Å². The van der Waals surface area contributed by atoms with Crippen molar-refractivity contribution < 1.29 is 9.53 Å². The molecule has 0 fully saturated rings. The Kier molecular flexibility index (Phi) is 8.64. The molecule has 0 saturated heterocycles. The summed E-state index contributed by atoms with van der Waals surface area (Å²) in [6.07, 6.45) is 8.33. The fourth-order valence-corrected chi connectivity index (χ4v) is 5.88. The van der Waals surface area contributed by atoms with Gasteiger partial charge in [0.05, 0.1) is 30.9 Å². The first kappa shape index (κ1) is 28.4. The number of nitrogens with zero attached hydrogens (tertiary/aromatic N) is 4. The van der Waals surface area contributed by atoms with Crippen molar-refractivity contribution in [2.75, 3.05) is 4.90 Å². The number of pyridine rings is 1. The van der Waals surface area contributed by atoms with Crippen molar-refractivity contribution in [3.63, 3.8) is 0 Å². The number of hydrogen-bond donors (Lipinski definition) is 0. The van der Waals surface area contributed by atoms with Gasteiger partial charge in [0.1, 0.15) is 12.4 Å². The summed E-state index contributed by atoms with van der Waals surface area (Å²) in [5, 5.41) is 4.58. The van der Waals surface area contributed by atoms with E-state index in [1.54, 1.807) is 6.20 Å². The normalized spacial score (nSPS) is 14.3. The van der Waals surface area contributed by atoms with Crippen molar-refractivity contribution in [1.29, 1.82) is 0 Å². The molecule has 3 aromatic carbocycles. The number of ether oxygens (including phenoxy) is 1. The summed E-state index contributed by atoms with van der Waals surface area (Å²) in [6.45, 7) is 5.90. The second-order valence-electron chi connectivity index (χ2n) is 11.6. The Morgan fingerprint density at radius 2 is 1.77 bits per heavy atom. The van der Waals surface area contributed by atoms with Crippen LogP contribution in [0, 0.1) is 0 Å². The average Bonchev–Trinajstić information content (AvgIpc) is 3.49. The second kappa shape index (κ2) is 13.1. The van der Waals surface area contributed by atoms with Crippen molar-refractivity contribution in [3.05, 3.63) is 143 Å². The molecular weight excluding hydrogens is 532 g/mol. The highest BCUT2D eigenvalue weighted by atomic mass is 16.5. The van der Waals surface area contributed by atoms with E-state index in [9.17, 15) is 4.79 Å². The third kappa shape index (κ3) is 6.69. The van der Waals surface area contributed by atoms with E-state index in [4.69, 9.17) is 4.74 Å². The standard InChI is InChI=1S/C37H38N4O2/c1-27(2)30-17-19-32(20-18-30)41(24-29-22-39-40(23-29)25-31-12-6-7-21-38-31)37(42)35-15-8-14-34-33(35)13-9-16-36(34)43-26-28-10-4-3-5-11-28/h3-7,9-13,16-23,27,35H,8,14-15,24-26H2,1-2H3. The fourth-order valence-electron chi connectivity index (χ4n) is 5.88. The van der Waals surface area contributed by atoms with E-state index in [0.717, 1.165) is 58.6 Å². The van der Waals surface area contributed by atoms with E-state index in [2.05, 4.69) is 66.4 Å². The van der Waals surface area contributed by atoms with E-state index in [0.29, 0.717) is 25.6 Å². The van der Waals surface area contributed by atoms with E-state index in [1.807, 2.05) is 70.5 Å². The number of carbonyl (C=O) groups excluding carboxylic acids is 1. The zero-order valence-electron chi connectivity index (χ0n) is 24.9. The third-order valence-corrected chi connectivity index (χ3v) is 8.21. The SMILES string of the molecule is CC(C)c1ccc(N(Cc2cnn(Cc3ccccn3)c2)C(=O)C2CCCc3c(OCc4ccccc4)cccc32)cc1. The smallest absolute Gasteiger partial charge is 0.234 e. The molecule has 1 amide bonds. The zero-order valence-corrected chi connectivity index (χ0v) is 24.9. The first-order valence-electron chi connectivity index (χ1n) is 15.2. The van der Waals surface area contributed by atoms with Crippen LogP contribution in [0.2, 0.25) is 0 Å². The first-order chi connectivity index (χ1) is 21.0. The molecule has 0 N–H and O–H groups in total. The van der Waals surface area contributed by atoms with Crippen LogP contribution in [-0.4, -0.2) is 20.7 Å². The van der Waals surface area contributed by atoms with Gasteiger partial charge < -0.3 is 9.64 Å². The summed E-state index contributed by atoms with van der Waals surface area (Å²) in [5.74, 6) is 1.17. The molecule has 2 heterocycles. The van der Waals surface area contributed by atoms with Gasteiger partial charge in [0.25, 0.3) is 0 Å². The molecule has 5 aromatic rings. The van der Waals surface area contributed by atoms with Crippen LogP contribution in [0.25, 0.3) is 0 Å². The number of rotatable bonds is 10. The zero-order chi connectivity index (χ0) is 29.6. The molecule has 6 rings (SSSR count). The molecular formula is C37H38N4O2. The lowest BCUT2D eigenvalue weighted by atomic mass is 9.81. The Labute approximate surface area is 254 Å². The maximum absolute atomic E-state index is 14.5. The molecule has 2 aromatic heterocycles. The Morgan fingerprint density at radius 1 is 0.953 bits per heavy atom. The molecule has 1 unspecified atom stereocenters. The molecule has 1 aliphatic carbocycles. The molecule has 0 aliphatic heterocycles. The topological polar surface area (TPSA) is 60.2 Å². The van der Waals surface area contributed by atoms with Crippen LogP contribution in [0.1, 0.15) is 72.0 Å². The summed E-state index contributed by atoms with van der Waals surface area (Å²) in [5.41, 5.74) is 7.44. The number of anilines is 1. The van der Waals surface area contributed by atoms with E-state index >= 15 is 0 Å². The van der Waals surface area contributed by atoms with Gasteiger partial charge >= 0.3 is 0 Å². The molecule has 1 atom stereocenters. The maximum Gasteiger partial charge on any atom is 0.234 e. The lowest BCUT2D eigenvalue weighted by Gasteiger charge is -2.32. The van der Waals surface area contributed by atoms with Gasteiger partial charge in [-0.2, -0.15) is 5.10 Å². The Morgan fingerprint density at radius 3 is 2.53 bits per heavy atom. The van der Waals surface area contributed by atoms with Crippen LogP contribution in [0.5, 0.6) is 5.75 Å². The minimum absolute atomic E-state index is 0.107. The minimum atomic E-state index is -0.239. The lowest BCUT2D eigenvalue weighted by Crippen LogP contribution is -2.36. The van der Waals surface area contributed by atoms with Gasteiger partial charge in [-0.3, -0.25) is 14.5 Å². The largest absolute Gasteiger partial charge is 0.489 e. The number of amides is 1. The Hall–Kier alpha value is -4.71. The third-order valence-electron chi connectivity index (χ3n) is 8.21. The van der Waals surface area contributed by atoms with Gasteiger partial charge in [0.2, 0.25) is 5.91 Å². The quantitative estimate of drug-likeness (QED) is 0.173. The highest BCUT2D eigenvalue weighted by Gasteiger charge is 2.32. The number of carbonyl (C=O) groups is 1. The van der Waals surface area contributed by atoms with Crippen molar-refractivity contribution >= 4 is 11.6 Å². The van der Waals surface area contributed by atoms with Gasteiger partial charge in [-0.25, -0.2) is 0 Å². The van der Waals surface area contributed by atoms with Crippen molar-refractivity contribution in [2.24, 2.45) is 0 Å². The molecule has 1 aliphatic rings. The van der Waals surface area contributed by atoms with Crippen LogP contribution < -0.4 is 9.64 Å². The monoisotopic (exact) mass is 570 g/mol. The number of benzene rings is 3. The van der Waals surface area contributed by atoms with Gasteiger partial charge in [0, 0.05) is 23.6 Å². The molecule has 43 heavy (non-hydrogen) atoms. The minimum Gasteiger partial charge on any atom is -0.489 e. The van der Waals surface area contributed by atoms with Gasteiger partial charge in [-0.15, -0.1) is 0 Å². The van der Waals surface area contributed by atoms with Crippen molar-refractivity contribution in [3.8, 4) is 5.75 Å². The Balaban J connectivity index is 1.27. The summed E-state index contributed by atoms with van der Waals surface area (Å²) < 4.78 is 8.19. The van der Waals surface area contributed by atoms with E-state index < -0.39 is 0 Å². The first-order valence-corrected chi connectivity index (χ1v) is 15.2. The summed E-state index contributed by atoms with van der Waals surface area (Å²) in [7, 11) is 0. The van der Waals surface area contributed by atoms with Crippen LogP contribution in [0.15, 0.2) is 110 Å². The number of hydrogen-bond acceptors (Lipinski definition) is 4. The lowest BCUT2D eigenvalue weighted by molar-refractivity contribution is -0.120. The van der Waals surface area contributed by atoms with Crippen molar-refractivity contribution in [2.45, 2.75) is 64.6 Å². The molecule has 0 radical (unpaired) electrons. The highest BCUT2D eigenvalue weighted by molar-refractivity contribution is 5.98. The van der Waals surface area contributed by atoms with Crippen LogP contribution >= 0.6 is 0 Å². The van der Waals surface area contributed by atoms with Crippen LogP contribution in [0.4, 0.5) is 5.69 Å². The van der Waals surface area contributed by atoms with E-state index in [1.165, 1.54) is 5.56 Å². The second-order valence-corrected chi connectivity index (χ2v) is 11.6. The van der Waals surface area contributed by atoms with Gasteiger partial charge in [0.15, 0.2) is 0 Å². The molecule has 218 valence electrons. The van der Waals surface area contributed by atoms with Gasteiger partial charge in [-0.1, -0.05) is 74.5 Å². The van der Waals surface area contributed by atoms with E-state index in [-0.39, 0.29) is 11.8 Å².